The molecule has 0 spiro atoms. The Hall–Kier alpha value is -1.01. The first-order valence-electron chi connectivity index (χ1n) is 4.88. The van der Waals surface area contributed by atoms with Gasteiger partial charge in [0.25, 0.3) is 0 Å². The van der Waals surface area contributed by atoms with Gasteiger partial charge >= 0.3 is 11.9 Å². The first-order valence-corrected chi connectivity index (χ1v) is 5.67. The van der Waals surface area contributed by atoms with Gasteiger partial charge in [-0.3, -0.25) is 0 Å². The zero-order valence-corrected chi connectivity index (χ0v) is 10.6. The van der Waals surface area contributed by atoms with Gasteiger partial charge in [-0.1, -0.05) is 28.1 Å². The molecule has 0 radical (unpaired) electrons. The summed E-state index contributed by atoms with van der Waals surface area (Å²) in [7, 11) is 0. The monoisotopic (exact) mass is 308 g/mol. The van der Waals surface area contributed by atoms with Crippen LogP contribution >= 0.6 is 15.9 Å². The predicted octanol–water partition coefficient (Wildman–Crippen LogP) is 2.68. The first-order chi connectivity index (χ1) is 7.89. The van der Waals surface area contributed by atoms with Crippen molar-refractivity contribution in [2.75, 3.05) is 6.61 Å². The van der Waals surface area contributed by atoms with Crippen LogP contribution in [0.4, 0.5) is 8.78 Å². The molecule has 0 aromatic heterocycles. The van der Waals surface area contributed by atoms with E-state index in [1.807, 2.05) is 0 Å². The molecule has 0 aliphatic carbocycles. The van der Waals surface area contributed by atoms with E-state index in [0.29, 0.717) is 4.47 Å². The van der Waals surface area contributed by atoms with Crippen molar-refractivity contribution in [3.05, 3.63) is 34.3 Å². The van der Waals surface area contributed by atoms with Crippen molar-refractivity contribution in [3.8, 4) is 0 Å². The highest BCUT2D eigenvalue weighted by atomic mass is 79.9. The number of hydrogen-bond donors (Lipinski definition) is 1. The number of benzene rings is 1. The second kappa shape index (κ2) is 5.55. The van der Waals surface area contributed by atoms with Crippen LogP contribution in [0, 0.1) is 0 Å². The molecule has 1 atom stereocenters. The van der Waals surface area contributed by atoms with Crippen LogP contribution in [-0.2, 0) is 9.53 Å². The molecule has 1 aromatic carbocycles. The maximum atomic E-state index is 13.4. The average molecular weight is 309 g/mol. The lowest BCUT2D eigenvalue weighted by Crippen LogP contribution is -2.37. The standard InChI is InChI=1S/C11H11BrF2O3/c1-2-17-10(16)11(13,14)9(15)7-3-5-8(12)6-4-7/h3-6,9,15H,2H2,1H3/t9-/m1/s1. The molecule has 94 valence electrons. The topological polar surface area (TPSA) is 46.5 Å². The lowest BCUT2D eigenvalue weighted by molar-refractivity contribution is -0.189. The molecule has 0 saturated carbocycles. The molecule has 6 heteroatoms. The maximum Gasteiger partial charge on any atom is 0.380 e. The average Bonchev–Trinajstić information content (AvgIpc) is 2.29. The van der Waals surface area contributed by atoms with Gasteiger partial charge in [-0.15, -0.1) is 0 Å². The fourth-order valence-electron chi connectivity index (χ4n) is 1.19. The molecule has 17 heavy (non-hydrogen) atoms. The zero-order valence-electron chi connectivity index (χ0n) is 8.99. The van der Waals surface area contributed by atoms with E-state index in [9.17, 15) is 18.7 Å². The van der Waals surface area contributed by atoms with Crippen LogP contribution in [0.2, 0.25) is 0 Å². The number of ether oxygens (including phenoxy) is 1. The zero-order chi connectivity index (χ0) is 13.1. The third kappa shape index (κ3) is 3.23. The number of rotatable bonds is 4. The molecular formula is C11H11BrF2O3. The smallest absolute Gasteiger partial charge is 0.380 e. The summed E-state index contributed by atoms with van der Waals surface area (Å²) < 4.78 is 31.8. The molecule has 0 bridgehead atoms. The summed E-state index contributed by atoms with van der Waals surface area (Å²) in [6.07, 6.45) is -2.21. The van der Waals surface area contributed by atoms with Gasteiger partial charge in [-0.05, 0) is 24.6 Å². The van der Waals surface area contributed by atoms with Gasteiger partial charge in [0.2, 0.25) is 0 Å². The largest absolute Gasteiger partial charge is 0.461 e. The highest BCUT2D eigenvalue weighted by molar-refractivity contribution is 9.10. The summed E-state index contributed by atoms with van der Waals surface area (Å²) in [4.78, 5) is 11.0. The molecule has 0 saturated heterocycles. The number of aliphatic hydroxyl groups is 1. The van der Waals surface area contributed by atoms with Crippen molar-refractivity contribution in [1.82, 2.24) is 0 Å². The van der Waals surface area contributed by atoms with Crippen molar-refractivity contribution in [1.29, 1.82) is 0 Å². The van der Waals surface area contributed by atoms with Crippen LogP contribution < -0.4 is 0 Å². The Morgan fingerprint density at radius 2 is 2.00 bits per heavy atom. The molecule has 0 fully saturated rings. The number of alkyl halides is 2. The third-order valence-corrected chi connectivity index (χ3v) is 2.61. The van der Waals surface area contributed by atoms with Crippen LogP contribution in [0.25, 0.3) is 0 Å². The maximum absolute atomic E-state index is 13.4. The Balaban J connectivity index is 2.91. The minimum absolute atomic E-state index is 0.0498. The van der Waals surface area contributed by atoms with E-state index < -0.39 is 18.0 Å². The molecule has 0 unspecified atom stereocenters. The summed E-state index contributed by atoms with van der Waals surface area (Å²) in [6.45, 7) is 1.25. The lowest BCUT2D eigenvalue weighted by Gasteiger charge is -2.20. The highest BCUT2D eigenvalue weighted by Gasteiger charge is 2.48. The van der Waals surface area contributed by atoms with E-state index in [4.69, 9.17) is 0 Å². The van der Waals surface area contributed by atoms with Gasteiger partial charge in [-0.25, -0.2) is 4.79 Å². The highest BCUT2D eigenvalue weighted by Crippen LogP contribution is 2.32. The number of aliphatic hydroxyl groups excluding tert-OH is 1. The van der Waals surface area contributed by atoms with Gasteiger partial charge in [0.15, 0.2) is 6.10 Å². The van der Waals surface area contributed by atoms with E-state index >= 15 is 0 Å². The number of hydrogen-bond acceptors (Lipinski definition) is 3. The number of carbonyl (C=O) groups excluding carboxylic acids is 1. The van der Waals surface area contributed by atoms with Gasteiger partial charge in [0.05, 0.1) is 6.61 Å². The van der Waals surface area contributed by atoms with Crippen LogP contribution in [0.3, 0.4) is 0 Å². The van der Waals surface area contributed by atoms with Gasteiger partial charge in [0.1, 0.15) is 0 Å². The Morgan fingerprint density at radius 1 is 1.47 bits per heavy atom. The number of esters is 1. The van der Waals surface area contributed by atoms with Gasteiger partial charge in [-0.2, -0.15) is 8.78 Å². The van der Waals surface area contributed by atoms with Crippen molar-refractivity contribution in [2.45, 2.75) is 19.0 Å². The van der Waals surface area contributed by atoms with Crippen molar-refractivity contribution in [2.24, 2.45) is 0 Å². The Bertz CT molecular complexity index is 392. The first kappa shape index (κ1) is 14.1. The third-order valence-electron chi connectivity index (χ3n) is 2.08. The minimum Gasteiger partial charge on any atom is -0.461 e. The summed E-state index contributed by atoms with van der Waals surface area (Å²) in [5, 5.41) is 9.47. The molecule has 0 aliphatic rings. The van der Waals surface area contributed by atoms with Crippen LogP contribution in [0.1, 0.15) is 18.6 Å². The molecule has 1 N–H and O–H groups in total. The molecule has 1 aromatic rings. The quantitative estimate of drug-likeness (QED) is 0.870. The SMILES string of the molecule is CCOC(=O)C(F)(F)[C@H](O)c1ccc(Br)cc1. The predicted molar refractivity (Wildman–Crippen MR) is 60.7 cm³/mol. The van der Waals surface area contributed by atoms with Crippen LogP contribution in [-0.4, -0.2) is 23.6 Å². The summed E-state index contributed by atoms with van der Waals surface area (Å²) in [5.74, 6) is -5.68. The Labute approximate surface area is 106 Å². The number of carbonyl (C=O) groups is 1. The van der Waals surface area contributed by atoms with E-state index in [1.54, 1.807) is 0 Å². The van der Waals surface area contributed by atoms with Crippen molar-refractivity contribution < 1.29 is 23.4 Å². The Morgan fingerprint density at radius 3 is 2.47 bits per heavy atom. The van der Waals surface area contributed by atoms with Gasteiger partial charge in [0, 0.05) is 4.47 Å². The minimum atomic E-state index is -3.95. The lowest BCUT2D eigenvalue weighted by atomic mass is 10.0. The van der Waals surface area contributed by atoms with E-state index in [1.165, 1.54) is 31.2 Å². The van der Waals surface area contributed by atoms with E-state index in [2.05, 4.69) is 20.7 Å². The second-order valence-electron chi connectivity index (χ2n) is 3.30. The fraction of sp³-hybridized carbons (Fsp3) is 0.364. The van der Waals surface area contributed by atoms with Crippen molar-refractivity contribution in [3.63, 3.8) is 0 Å². The summed E-state index contributed by atoms with van der Waals surface area (Å²) >= 11 is 3.14. The molecule has 1 rings (SSSR count). The molecular weight excluding hydrogens is 298 g/mol. The summed E-state index contributed by atoms with van der Waals surface area (Å²) in [5.41, 5.74) is -0.0498. The van der Waals surface area contributed by atoms with Crippen LogP contribution in [0.5, 0.6) is 0 Å². The molecule has 0 heterocycles. The molecule has 3 nitrogen and oxygen atoms in total. The second-order valence-corrected chi connectivity index (χ2v) is 4.21. The molecule has 0 amide bonds. The number of halogens is 3. The van der Waals surface area contributed by atoms with E-state index in [-0.39, 0.29) is 12.2 Å². The Kier molecular flexibility index (Phi) is 4.59. The normalized spacial score (nSPS) is 13.2. The van der Waals surface area contributed by atoms with Crippen LogP contribution in [0.15, 0.2) is 28.7 Å². The van der Waals surface area contributed by atoms with Crippen molar-refractivity contribution >= 4 is 21.9 Å². The fourth-order valence-corrected chi connectivity index (χ4v) is 1.46. The van der Waals surface area contributed by atoms with Gasteiger partial charge < -0.3 is 9.84 Å². The summed E-state index contributed by atoms with van der Waals surface area (Å²) in [6, 6.07) is 5.61. The molecule has 0 aliphatic heterocycles. The van der Waals surface area contributed by atoms with E-state index in [0.717, 1.165) is 0 Å².